The van der Waals surface area contributed by atoms with E-state index in [0.29, 0.717) is 26.1 Å². The Morgan fingerprint density at radius 2 is 1.83 bits per heavy atom. The van der Waals surface area contributed by atoms with Crippen LogP contribution in [0.1, 0.15) is 17.5 Å². The summed E-state index contributed by atoms with van der Waals surface area (Å²) in [7, 11) is 1.53. The number of ether oxygens (including phenoxy) is 2. The molecule has 2 atom stereocenters. The Morgan fingerprint density at radius 1 is 1.11 bits per heavy atom. The highest BCUT2D eigenvalue weighted by molar-refractivity contribution is 5.89. The van der Waals surface area contributed by atoms with Gasteiger partial charge < -0.3 is 24.6 Å². The molecule has 2 amide bonds. The number of aryl methyl sites for hydroxylation is 1. The van der Waals surface area contributed by atoms with Crippen molar-refractivity contribution in [3.8, 4) is 0 Å². The number of nitrogens with one attached hydrogen (secondary N) is 1. The molecular weight excluding hydrogens is 446 g/mol. The molecule has 2 unspecified atom stereocenters. The predicted octanol–water partition coefficient (Wildman–Crippen LogP) is 0.177. The topological polar surface area (TPSA) is 77.6 Å². The fraction of sp³-hybridized carbons (Fsp3) is 0.692. The molecule has 0 bridgehead atoms. The second-order valence-electron chi connectivity index (χ2n) is 9.87. The predicted molar refractivity (Wildman–Crippen MR) is 134 cm³/mol. The monoisotopic (exact) mass is 487 g/mol. The van der Waals surface area contributed by atoms with Crippen molar-refractivity contribution in [1.29, 1.82) is 0 Å². The van der Waals surface area contributed by atoms with E-state index in [2.05, 4.69) is 46.3 Å². The van der Waals surface area contributed by atoms with Crippen molar-refractivity contribution in [2.24, 2.45) is 0 Å². The quantitative estimate of drug-likeness (QED) is 0.532. The van der Waals surface area contributed by atoms with E-state index in [1.54, 1.807) is 4.90 Å². The Morgan fingerprint density at radius 3 is 2.51 bits per heavy atom. The van der Waals surface area contributed by atoms with Gasteiger partial charge in [-0.15, -0.1) is 0 Å². The number of piperazine rings is 1. The fourth-order valence-corrected chi connectivity index (χ4v) is 5.30. The molecule has 1 N–H and O–H groups in total. The van der Waals surface area contributed by atoms with E-state index in [4.69, 9.17) is 9.47 Å². The molecule has 1 aromatic rings. The van der Waals surface area contributed by atoms with Crippen LogP contribution in [0.3, 0.4) is 0 Å². The lowest BCUT2D eigenvalue weighted by molar-refractivity contribution is -0.146. The summed E-state index contributed by atoms with van der Waals surface area (Å²) >= 11 is 0. The van der Waals surface area contributed by atoms with Crippen LogP contribution in [0.5, 0.6) is 0 Å². The van der Waals surface area contributed by atoms with E-state index in [1.165, 1.54) is 18.2 Å². The largest absolute Gasteiger partial charge is 0.379 e. The molecule has 0 aromatic heterocycles. The molecule has 4 rings (SSSR count). The summed E-state index contributed by atoms with van der Waals surface area (Å²) in [4.78, 5) is 35.1. The van der Waals surface area contributed by atoms with Gasteiger partial charge in [-0.3, -0.25) is 19.4 Å². The number of carbonyl (C=O) groups excluding carboxylic acids is 2. The van der Waals surface area contributed by atoms with Gasteiger partial charge in [-0.05, 0) is 18.9 Å². The van der Waals surface area contributed by atoms with Gasteiger partial charge in [-0.25, -0.2) is 0 Å². The molecular formula is C26H41N5O4. The molecule has 194 valence electrons. The summed E-state index contributed by atoms with van der Waals surface area (Å²) in [5.41, 5.74) is 2.50. The minimum atomic E-state index is -0.426. The van der Waals surface area contributed by atoms with E-state index >= 15 is 0 Å². The molecule has 0 aliphatic carbocycles. The number of rotatable bonds is 9. The van der Waals surface area contributed by atoms with Crippen molar-refractivity contribution < 1.29 is 19.1 Å². The van der Waals surface area contributed by atoms with Crippen molar-refractivity contribution in [3.05, 3.63) is 35.4 Å². The maximum absolute atomic E-state index is 13.5. The highest BCUT2D eigenvalue weighted by Crippen LogP contribution is 2.26. The Bertz CT molecular complexity index is 824. The first kappa shape index (κ1) is 26.0. The number of carbonyl (C=O) groups is 2. The zero-order valence-electron chi connectivity index (χ0n) is 21.3. The lowest BCUT2D eigenvalue weighted by atomic mass is 10.1. The molecule has 9 nitrogen and oxygen atoms in total. The third-order valence-corrected chi connectivity index (χ3v) is 7.41. The van der Waals surface area contributed by atoms with Crippen LogP contribution in [0.15, 0.2) is 24.3 Å². The van der Waals surface area contributed by atoms with Crippen LogP contribution in [0.25, 0.3) is 0 Å². The summed E-state index contributed by atoms with van der Waals surface area (Å²) in [6, 6.07) is 8.36. The SMILES string of the molecule is COCC(=O)N1CC(N(CCN2CCOCC2)Cc2ccc(C)cc2)CC1C(=O)N1CCNCC1. The van der Waals surface area contributed by atoms with E-state index in [1.807, 2.05) is 4.90 Å². The van der Waals surface area contributed by atoms with Crippen molar-refractivity contribution in [1.82, 2.24) is 24.9 Å². The van der Waals surface area contributed by atoms with Crippen LogP contribution in [0.2, 0.25) is 0 Å². The summed E-state index contributed by atoms with van der Waals surface area (Å²) in [6.45, 7) is 11.7. The Hall–Kier alpha value is -2.04. The average Bonchev–Trinajstić information content (AvgIpc) is 3.34. The summed E-state index contributed by atoms with van der Waals surface area (Å²) in [6.07, 6.45) is 0.660. The molecule has 3 aliphatic rings. The lowest BCUT2D eigenvalue weighted by Crippen LogP contribution is -2.53. The highest BCUT2D eigenvalue weighted by Gasteiger charge is 2.43. The van der Waals surface area contributed by atoms with Gasteiger partial charge in [0.15, 0.2) is 0 Å². The number of likely N-dealkylation sites (tertiary alicyclic amines) is 1. The Kier molecular flexibility index (Phi) is 9.51. The third-order valence-electron chi connectivity index (χ3n) is 7.41. The van der Waals surface area contributed by atoms with Crippen LogP contribution in [0, 0.1) is 6.92 Å². The molecule has 3 aliphatic heterocycles. The van der Waals surface area contributed by atoms with Gasteiger partial charge in [0.1, 0.15) is 12.6 Å². The molecule has 9 heteroatoms. The molecule has 3 saturated heterocycles. The van der Waals surface area contributed by atoms with Crippen molar-refractivity contribution >= 4 is 11.8 Å². The summed E-state index contributed by atoms with van der Waals surface area (Å²) < 4.78 is 10.7. The minimum absolute atomic E-state index is 0.00377. The number of hydrogen-bond acceptors (Lipinski definition) is 7. The maximum atomic E-state index is 13.5. The van der Waals surface area contributed by atoms with Crippen LogP contribution in [-0.4, -0.2) is 129 Å². The molecule has 3 heterocycles. The van der Waals surface area contributed by atoms with E-state index in [9.17, 15) is 9.59 Å². The van der Waals surface area contributed by atoms with Crippen LogP contribution in [0.4, 0.5) is 0 Å². The van der Waals surface area contributed by atoms with Gasteiger partial charge in [-0.1, -0.05) is 29.8 Å². The van der Waals surface area contributed by atoms with Crippen molar-refractivity contribution in [3.63, 3.8) is 0 Å². The van der Waals surface area contributed by atoms with E-state index < -0.39 is 6.04 Å². The number of benzene rings is 1. The second kappa shape index (κ2) is 12.8. The number of nitrogens with zero attached hydrogens (tertiary/aromatic N) is 4. The van der Waals surface area contributed by atoms with E-state index in [-0.39, 0.29) is 24.5 Å². The molecule has 0 spiro atoms. The Labute approximate surface area is 209 Å². The first-order valence-electron chi connectivity index (χ1n) is 12.9. The van der Waals surface area contributed by atoms with Gasteiger partial charge in [-0.2, -0.15) is 0 Å². The maximum Gasteiger partial charge on any atom is 0.249 e. The normalized spacial score (nSPS) is 23.7. The van der Waals surface area contributed by atoms with Crippen molar-refractivity contribution in [2.75, 3.05) is 85.8 Å². The average molecular weight is 488 g/mol. The van der Waals surface area contributed by atoms with Gasteiger partial charge in [0.2, 0.25) is 11.8 Å². The van der Waals surface area contributed by atoms with Crippen LogP contribution >= 0.6 is 0 Å². The van der Waals surface area contributed by atoms with E-state index in [0.717, 1.165) is 59.0 Å². The lowest BCUT2D eigenvalue weighted by Gasteiger charge is -2.33. The standard InChI is InChI=1S/C26H41N5O4/c1-21-3-5-22(6-4-21)18-30(12-11-28-13-15-35-16-14-28)23-17-24(31(19-23)25(32)20-34-2)26(33)29-9-7-27-8-10-29/h3-6,23-24,27H,7-20H2,1-2H3. The molecule has 3 fully saturated rings. The van der Waals surface area contributed by atoms with Crippen LogP contribution in [-0.2, 0) is 25.6 Å². The highest BCUT2D eigenvalue weighted by atomic mass is 16.5. The summed E-state index contributed by atoms with van der Waals surface area (Å²) in [5, 5.41) is 3.30. The summed E-state index contributed by atoms with van der Waals surface area (Å²) in [5.74, 6) is -0.0335. The molecule has 0 saturated carbocycles. The van der Waals surface area contributed by atoms with Crippen LogP contribution < -0.4 is 5.32 Å². The molecule has 1 aromatic carbocycles. The number of hydrogen-bond donors (Lipinski definition) is 1. The first-order valence-corrected chi connectivity index (χ1v) is 12.9. The first-order chi connectivity index (χ1) is 17.0. The third kappa shape index (κ3) is 7.01. The second-order valence-corrected chi connectivity index (χ2v) is 9.87. The molecule has 35 heavy (non-hydrogen) atoms. The number of amides is 2. The minimum Gasteiger partial charge on any atom is -0.379 e. The van der Waals surface area contributed by atoms with Gasteiger partial charge in [0, 0.05) is 78.6 Å². The Balaban J connectivity index is 1.50. The smallest absolute Gasteiger partial charge is 0.249 e. The zero-order valence-corrected chi connectivity index (χ0v) is 21.3. The van der Waals surface area contributed by atoms with Gasteiger partial charge >= 0.3 is 0 Å². The van der Waals surface area contributed by atoms with Crippen molar-refractivity contribution in [2.45, 2.75) is 32.0 Å². The van der Waals surface area contributed by atoms with Gasteiger partial charge in [0.25, 0.3) is 0 Å². The number of morpholine rings is 1. The fourth-order valence-electron chi connectivity index (χ4n) is 5.30. The van der Waals surface area contributed by atoms with Gasteiger partial charge in [0.05, 0.1) is 13.2 Å². The molecule has 0 radical (unpaired) electrons. The zero-order chi connectivity index (χ0) is 24.6. The number of methoxy groups -OCH3 is 1.